The molecule has 1 unspecified atom stereocenters. The Balaban J connectivity index is 1.70. The summed E-state index contributed by atoms with van der Waals surface area (Å²) in [6, 6.07) is 8.04. The lowest BCUT2D eigenvalue weighted by molar-refractivity contribution is 0.0172. The van der Waals surface area contributed by atoms with Gasteiger partial charge >= 0.3 is 6.03 Å². The summed E-state index contributed by atoms with van der Waals surface area (Å²) in [5, 5.41) is 3.04. The van der Waals surface area contributed by atoms with Crippen LogP contribution in [0.25, 0.3) is 0 Å². The summed E-state index contributed by atoms with van der Waals surface area (Å²) in [6.45, 7) is 6.00. The first-order valence-electron chi connectivity index (χ1n) is 6.70. The van der Waals surface area contributed by atoms with E-state index in [-0.39, 0.29) is 12.2 Å². The van der Waals surface area contributed by atoms with E-state index in [0.29, 0.717) is 6.54 Å². The minimum atomic E-state index is -0.0136. The molecule has 1 N–H and O–H groups in total. The first kappa shape index (κ1) is 12.4. The summed E-state index contributed by atoms with van der Waals surface area (Å²) in [7, 11) is 0. The van der Waals surface area contributed by atoms with Gasteiger partial charge < -0.3 is 10.1 Å². The van der Waals surface area contributed by atoms with Gasteiger partial charge in [0.1, 0.15) is 6.17 Å². The number of rotatable bonds is 2. The van der Waals surface area contributed by atoms with Crippen molar-refractivity contribution in [2.24, 2.45) is 0 Å². The number of ether oxygens (including phenoxy) is 1. The zero-order valence-corrected chi connectivity index (χ0v) is 11.1. The summed E-state index contributed by atoms with van der Waals surface area (Å²) in [5.74, 6) is 0. The van der Waals surface area contributed by atoms with Gasteiger partial charge in [-0.1, -0.05) is 17.7 Å². The van der Waals surface area contributed by atoms with Crippen molar-refractivity contribution in [2.45, 2.75) is 13.1 Å². The van der Waals surface area contributed by atoms with Crippen molar-refractivity contribution in [1.82, 2.24) is 10.2 Å². The number of amides is 2. The molecule has 1 atom stereocenters. The summed E-state index contributed by atoms with van der Waals surface area (Å²) in [4.78, 5) is 16.1. The van der Waals surface area contributed by atoms with E-state index < -0.39 is 0 Å². The normalized spacial score (nSPS) is 24.6. The molecule has 5 nitrogen and oxygen atoms in total. The van der Waals surface area contributed by atoms with Crippen molar-refractivity contribution in [3.05, 3.63) is 29.8 Å². The molecule has 0 spiro atoms. The third-order valence-electron chi connectivity index (χ3n) is 3.72. The molecule has 102 valence electrons. The van der Waals surface area contributed by atoms with Crippen molar-refractivity contribution in [3.8, 4) is 0 Å². The van der Waals surface area contributed by atoms with E-state index in [1.807, 2.05) is 31.2 Å². The Kier molecular flexibility index (Phi) is 3.40. The zero-order valence-electron chi connectivity index (χ0n) is 11.1. The highest BCUT2D eigenvalue weighted by molar-refractivity contribution is 5.94. The maximum Gasteiger partial charge on any atom is 0.323 e. The number of anilines is 1. The second kappa shape index (κ2) is 5.19. The molecule has 0 aliphatic carbocycles. The van der Waals surface area contributed by atoms with Crippen molar-refractivity contribution in [2.75, 3.05) is 37.7 Å². The molecule has 2 aliphatic heterocycles. The SMILES string of the molecule is Cc1ccc(N2CC(N3CCOCC3)NC2=O)cc1. The van der Waals surface area contributed by atoms with Crippen LogP contribution in [0, 0.1) is 6.92 Å². The van der Waals surface area contributed by atoms with E-state index in [0.717, 1.165) is 32.0 Å². The van der Waals surface area contributed by atoms with Crippen LogP contribution in [0.5, 0.6) is 0 Å². The lowest BCUT2D eigenvalue weighted by Gasteiger charge is -2.31. The highest BCUT2D eigenvalue weighted by Crippen LogP contribution is 2.20. The Morgan fingerprint density at radius 1 is 1.21 bits per heavy atom. The molecule has 0 aromatic heterocycles. The van der Waals surface area contributed by atoms with E-state index in [1.165, 1.54) is 5.56 Å². The molecule has 19 heavy (non-hydrogen) atoms. The van der Waals surface area contributed by atoms with Crippen LogP contribution >= 0.6 is 0 Å². The monoisotopic (exact) mass is 261 g/mol. The quantitative estimate of drug-likeness (QED) is 0.869. The van der Waals surface area contributed by atoms with Gasteiger partial charge in [0.15, 0.2) is 0 Å². The van der Waals surface area contributed by atoms with Gasteiger partial charge in [-0.2, -0.15) is 0 Å². The molecule has 1 aromatic rings. The molecule has 1 aromatic carbocycles. The second-order valence-electron chi connectivity index (χ2n) is 5.06. The fourth-order valence-corrected chi connectivity index (χ4v) is 2.57. The Hall–Kier alpha value is -1.59. The van der Waals surface area contributed by atoms with Crippen LogP contribution in [0.2, 0.25) is 0 Å². The number of nitrogens with zero attached hydrogens (tertiary/aromatic N) is 2. The first-order valence-corrected chi connectivity index (χ1v) is 6.70. The molecular formula is C14H19N3O2. The fraction of sp³-hybridized carbons (Fsp3) is 0.500. The van der Waals surface area contributed by atoms with Crippen molar-refractivity contribution in [3.63, 3.8) is 0 Å². The molecule has 2 aliphatic rings. The van der Waals surface area contributed by atoms with Crippen LogP contribution in [0.1, 0.15) is 5.56 Å². The number of benzene rings is 1. The van der Waals surface area contributed by atoms with Crippen LogP contribution in [0.15, 0.2) is 24.3 Å². The van der Waals surface area contributed by atoms with Gasteiger partial charge in [-0.25, -0.2) is 4.79 Å². The van der Waals surface area contributed by atoms with E-state index in [2.05, 4.69) is 10.2 Å². The molecule has 3 rings (SSSR count). The molecule has 5 heteroatoms. The average Bonchev–Trinajstić information content (AvgIpc) is 2.83. The topological polar surface area (TPSA) is 44.8 Å². The Bertz CT molecular complexity index is 454. The number of carbonyl (C=O) groups is 1. The molecule has 0 radical (unpaired) electrons. The van der Waals surface area contributed by atoms with E-state index in [9.17, 15) is 4.79 Å². The van der Waals surface area contributed by atoms with Crippen LogP contribution in [0.4, 0.5) is 10.5 Å². The zero-order chi connectivity index (χ0) is 13.2. The van der Waals surface area contributed by atoms with Gasteiger partial charge in [0, 0.05) is 18.8 Å². The predicted molar refractivity (Wildman–Crippen MR) is 73.2 cm³/mol. The maximum absolute atomic E-state index is 12.1. The van der Waals surface area contributed by atoms with Crippen molar-refractivity contribution in [1.29, 1.82) is 0 Å². The van der Waals surface area contributed by atoms with Crippen LogP contribution in [0.3, 0.4) is 0 Å². The van der Waals surface area contributed by atoms with E-state index in [4.69, 9.17) is 4.74 Å². The number of hydrogen-bond acceptors (Lipinski definition) is 3. The molecule has 2 saturated heterocycles. The second-order valence-corrected chi connectivity index (χ2v) is 5.06. The van der Waals surface area contributed by atoms with Crippen molar-refractivity contribution < 1.29 is 9.53 Å². The van der Waals surface area contributed by atoms with Crippen LogP contribution in [-0.2, 0) is 4.74 Å². The summed E-state index contributed by atoms with van der Waals surface area (Å²) in [6.07, 6.45) is 0.0951. The molecule has 0 saturated carbocycles. The standard InChI is InChI=1S/C14H19N3O2/c1-11-2-4-12(5-3-11)17-10-13(15-14(17)18)16-6-8-19-9-7-16/h2-5,13H,6-10H2,1H3,(H,15,18). The van der Waals surface area contributed by atoms with Gasteiger partial charge in [-0.15, -0.1) is 0 Å². The van der Waals surface area contributed by atoms with E-state index in [1.54, 1.807) is 4.90 Å². The molecule has 2 fully saturated rings. The number of urea groups is 1. The number of nitrogens with one attached hydrogen (secondary N) is 1. The van der Waals surface area contributed by atoms with Crippen LogP contribution in [-0.4, -0.2) is 49.9 Å². The minimum Gasteiger partial charge on any atom is -0.379 e. The highest BCUT2D eigenvalue weighted by Gasteiger charge is 2.34. The number of hydrogen-bond donors (Lipinski definition) is 1. The molecule has 0 bridgehead atoms. The number of carbonyl (C=O) groups excluding carboxylic acids is 1. The van der Waals surface area contributed by atoms with Crippen LogP contribution < -0.4 is 10.2 Å². The molecular weight excluding hydrogens is 242 g/mol. The summed E-state index contributed by atoms with van der Waals surface area (Å²) in [5.41, 5.74) is 2.16. The number of morpholine rings is 1. The molecule has 2 heterocycles. The maximum atomic E-state index is 12.1. The largest absolute Gasteiger partial charge is 0.379 e. The van der Waals surface area contributed by atoms with Gasteiger partial charge in [0.25, 0.3) is 0 Å². The van der Waals surface area contributed by atoms with Gasteiger partial charge in [0.05, 0.1) is 19.8 Å². The highest BCUT2D eigenvalue weighted by atomic mass is 16.5. The summed E-state index contributed by atoms with van der Waals surface area (Å²) < 4.78 is 5.34. The average molecular weight is 261 g/mol. The Labute approximate surface area is 113 Å². The third kappa shape index (κ3) is 2.57. The molecule has 2 amide bonds. The minimum absolute atomic E-state index is 0.0136. The Morgan fingerprint density at radius 3 is 2.58 bits per heavy atom. The van der Waals surface area contributed by atoms with Gasteiger partial charge in [-0.3, -0.25) is 9.80 Å². The summed E-state index contributed by atoms with van der Waals surface area (Å²) >= 11 is 0. The van der Waals surface area contributed by atoms with Gasteiger partial charge in [-0.05, 0) is 19.1 Å². The van der Waals surface area contributed by atoms with Gasteiger partial charge in [0.2, 0.25) is 0 Å². The lowest BCUT2D eigenvalue weighted by atomic mass is 10.2. The fourth-order valence-electron chi connectivity index (χ4n) is 2.57. The third-order valence-corrected chi connectivity index (χ3v) is 3.72. The van der Waals surface area contributed by atoms with Crippen molar-refractivity contribution >= 4 is 11.7 Å². The number of aryl methyl sites for hydroxylation is 1. The Morgan fingerprint density at radius 2 is 1.89 bits per heavy atom. The smallest absolute Gasteiger partial charge is 0.323 e. The lowest BCUT2D eigenvalue weighted by Crippen LogP contribution is -2.49. The first-order chi connectivity index (χ1) is 9.24. The predicted octanol–water partition coefficient (Wildman–Crippen LogP) is 1.18. The van der Waals surface area contributed by atoms with E-state index >= 15 is 0 Å².